The Kier molecular flexibility index (Phi) is 2.70. The minimum absolute atomic E-state index is 0.0466. The summed E-state index contributed by atoms with van der Waals surface area (Å²) in [5.41, 5.74) is 5.46. The lowest BCUT2D eigenvalue weighted by atomic mass is 9.82. The van der Waals surface area contributed by atoms with Crippen LogP contribution in [-0.2, 0) is 5.54 Å². The number of halogens is 1. The Morgan fingerprint density at radius 2 is 1.93 bits per heavy atom. The van der Waals surface area contributed by atoms with E-state index in [4.69, 9.17) is 11.6 Å². The van der Waals surface area contributed by atoms with Gasteiger partial charge in [-0.2, -0.15) is 5.10 Å². The molecular weight excluding hydrogens is 208 g/mol. The van der Waals surface area contributed by atoms with Crippen LogP contribution in [0.3, 0.4) is 0 Å². The van der Waals surface area contributed by atoms with E-state index in [1.165, 1.54) is 5.56 Å². The monoisotopic (exact) mass is 222 g/mol. The smallest absolute Gasteiger partial charge is 0.156 e. The third-order valence-corrected chi connectivity index (χ3v) is 3.53. The second kappa shape index (κ2) is 3.86. The van der Waals surface area contributed by atoms with Gasteiger partial charge in [0.2, 0.25) is 0 Å². The van der Waals surface area contributed by atoms with Crippen molar-refractivity contribution in [2.45, 2.75) is 32.2 Å². The molecule has 80 valence electrons. The number of nitrogens with one attached hydrogen (secondary N) is 1. The summed E-state index contributed by atoms with van der Waals surface area (Å²) in [6.45, 7) is 4.34. The van der Waals surface area contributed by atoms with Crippen LogP contribution >= 0.6 is 11.6 Å². The maximum absolute atomic E-state index is 6.08. The first-order valence-corrected chi connectivity index (χ1v) is 5.71. The molecule has 0 spiro atoms. The van der Waals surface area contributed by atoms with Crippen molar-refractivity contribution in [3.8, 4) is 0 Å². The van der Waals surface area contributed by atoms with Crippen LogP contribution in [-0.4, -0.2) is 5.17 Å². The van der Waals surface area contributed by atoms with Crippen molar-refractivity contribution in [3.05, 3.63) is 35.4 Å². The molecule has 15 heavy (non-hydrogen) atoms. The number of hydrazone groups is 1. The zero-order chi connectivity index (χ0) is 10.9. The van der Waals surface area contributed by atoms with Gasteiger partial charge in [-0.3, -0.25) is 5.43 Å². The molecule has 0 bridgehead atoms. The highest BCUT2D eigenvalue weighted by atomic mass is 35.5. The van der Waals surface area contributed by atoms with Gasteiger partial charge in [0.25, 0.3) is 0 Å². The van der Waals surface area contributed by atoms with Gasteiger partial charge in [0.15, 0.2) is 5.17 Å². The summed E-state index contributed by atoms with van der Waals surface area (Å²) in [6.07, 6.45) is 2.02. The average Bonchev–Trinajstić information content (AvgIpc) is 2.31. The minimum Gasteiger partial charge on any atom is -0.298 e. The highest BCUT2D eigenvalue weighted by Crippen LogP contribution is 2.34. The van der Waals surface area contributed by atoms with Crippen LogP contribution in [0.15, 0.2) is 29.4 Å². The van der Waals surface area contributed by atoms with E-state index in [0.29, 0.717) is 5.17 Å². The van der Waals surface area contributed by atoms with Crippen LogP contribution < -0.4 is 5.43 Å². The summed E-state index contributed by atoms with van der Waals surface area (Å²) in [6, 6.07) is 8.21. The molecule has 1 aromatic carbocycles. The molecular formula is C12H15ClN2. The lowest BCUT2D eigenvalue weighted by Crippen LogP contribution is -2.42. The topological polar surface area (TPSA) is 24.4 Å². The number of rotatable bonds is 2. The molecule has 0 radical (unpaired) electrons. The molecule has 2 nitrogen and oxygen atoms in total. The SMILES string of the molecule is CCC1(CC)NN=C(Cl)c2ccccc21. The number of fused-ring (bicyclic) bond motifs is 1. The van der Waals surface area contributed by atoms with Crippen molar-refractivity contribution >= 4 is 16.8 Å². The first-order chi connectivity index (χ1) is 7.23. The molecule has 1 N–H and O–H groups in total. The van der Waals surface area contributed by atoms with E-state index in [9.17, 15) is 0 Å². The van der Waals surface area contributed by atoms with Gasteiger partial charge in [0.05, 0.1) is 5.54 Å². The molecule has 0 saturated carbocycles. The van der Waals surface area contributed by atoms with E-state index in [1.807, 2.05) is 12.1 Å². The third kappa shape index (κ3) is 1.53. The normalized spacial score (nSPS) is 17.7. The molecule has 0 atom stereocenters. The Labute approximate surface area is 95.3 Å². The van der Waals surface area contributed by atoms with E-state index in [0.717, 1.165) is 18.4 Å². The summed E-state index contributed by atoms with van der Waals surface area (Å²) < 4.78 is 0. The van der Waals surface area contributed by atoms with E-state index in [-0.39, 0.29) is 5.54 Å². The molecule has 2 rings (SSSR count). The predicted molar refractivity (Wildman–Crippen MR) is 64.2 cm³/mol. The maximum atomic E-state index is 6.08. The maximum Gasteiger partial charge on any atom is 0.156 e. The lowest BCUT2D eigenvalue weighted by Gasteiger charge is -2.36. The Balaban J connectivity index is 2.59. The first-order valence-electron chi connectivity index (χ1n) is 5.33. The Bertz CT molecular complexity index is 394. The fourth-order valence-corrected chi connectivity index (χ4v) is 2.35. The van der Waals surface area contributed by atoms with Gasteiger partial charge >= 0.3 is 0 Å². The van der Waals surface area contributed by atoms with Gasteiger partial charge in [-0.05, 0) is 18.4 Å². The van der Waals surface area contributed by atoms with Crippen molar-refractivity contribution in [3.63, 3.8) is 0 Å². The third-order valence-electron chi connectivity index (χ3n) is 3.24. The molecule has 0 unspecified atom stereocenters. The number of nitrogens with zero attached hydrogens (tertiary/aromatic N) is 1. The molecule has 0 aromatic heterocycles. The molecule has 0 saturated heterocycles. The van der Waals surface area contributed by atoms with Crippen LogP contribution in [0, 0.1) is 0 Å². The van der Waals surface area contributed by atoms with Crippen LogP contribution in [0.25, 0.3) is 0 Å². The molecule has 1 heterocycles. The fraction of sp³-hybridized carbons (Fsp3) is 0.417. The summed E-state index contributed by atoms with van der Waals surface area (Å²) >= 11 is 6.08. The van der Waals surface area contributed by atoms with Gasteiger partial charge < -0.3 is 0 Å². The van der Waals surface area contributed by atoms with E-state index in [2.05, 4.69) is 36.5 Å². The van der Waals surface area contributed by atoms with Crippen molar-refractivity contribution in [1.82, 2.24) is 5.43 Å². The Morgan fingerprint density at radius 1 is 1.27 bits per heavy atom. The van der Waals surface area contributed by atoms with Crippen molar-refractivity contribution < 1.29 is 0 Å². The number of hydrogen-bond acceptors (Lipinski definition) is 2. The highest BCUT2D eigenvalue weighted by molar-refractivity contribution is 6.69. The molecule has 1 aliphatic rings. The van der Waals surface area contributed by atoms with E-state index in [1.54, 1.807) is 0 Å². The van der Waals surface area contributed by atoms with Crippen LogP contribution in [0.2, 0.25) is 0 Å². The largest absolute Gasteiger partial charge is 0.298 e. The van der Waals surface area contributed by atoms with Crippen molar-refractivity contribution in [2.24, 2.45) is 5.10 Å². The second-order valence-corrected chi connectivity index (χ2v) is 4.21. The zero-order valence-electron chi connectivity index (χ0n) is 9.05. The summed E-state index contributed by atoms with van der Waals surface area (Å²) in [4.78, 5) is 0. The first kappa shape index (κ1) is 10.5. The van der Waals surface area contributed by atoms with Gasteiger partial charge in [-0.15, -0.1) is 0 Å². The highest BCUT2D eigenvalue weighted by Gasteiger charge is 2.33. The summed E-state index contributed by atoms with van der Waals surface area (Å²) in [5.74, 6) is 0. The minimum atomic E-state index is -0.0466. The summed E-state index contributed by atoms with van der Waals surface area (Å²) in [7, 11) is 0. The molecule has 3 heteroatoms. The standard InChI is InChI=1S/C12H15ClN2/c1-3-12(4-2)10-8-6-5-7-9(10)11(13)14-15-12/h5-8,15H,3-4H2,1-2H3. The van der Waals surface area contributed by atoms with Crippen LogP contribution in [0.5, 0.6) is 0 Å². The molecule has 0 fully saturated rings. The molecule has 1 aliphatic heterocycles. The average molecular weight is 223 g/mol. The number of hydrogen-bond donors (Lipinski definition) is 1. The van der Waals surface area contributed by atoms with Crippen molar-refractivity contribution in [2.75, 3.05) is 0 Å². The van der Waals surface area contributed by atoms with Crippen molar-refractivity contribution in [1.29, 1.82) is 0 Å². The quantitative estimate of drug-likeness (QED) is 0.817. The number of benzene rings is 1. The molecule has 0 amide bonds. The predicted octanol–water partition coefficient (Wildman–Crippen LogP) is 3.21. The molecule has 0 aliphatic carbocycles. The Hall–Kier alpha value is -1.02. The molecule has 1 aromatic rings. The fourth-order valence-electron chi connectivity index (χ4n) is 2.15. The lowest BCUT2D eigenvalue weighted by molar-refractivity contribution is 0.311. The van der Waals surface area contributed by atoms with Crippen LogP contribution in [0.1, 0.15) is 37.8 Å². The van der Waals surface area contributed by atoms with Gasteiger partial charge in [0.1, 0.15) is 0 Å². The second-order valence-electron chi connectivity index (χ2n) is 3.85. The summed E-state index contributed by atoms with van der Waals surface area (Å²) in [5, 5.41) is 4.76. The van der Waals surface area contributed by atoms with Gasteiger partial charge in [-0.25, -0.2) is 0 Å². The van der Waals surface area contributed by atoms with Gasteiger partial charge in [-0.1, -0.05) is 49.7 Å². The van der Waals surface area contributed by atoms with E-state index < -0.39 is 0 Å². The zero-order valence-corrected chi connectivity index (χ0v) is 9.80. The van der Waals surface area contributed by atoms with Crippen LogP contribution in [0.4, 0.5) is 0 Å². The van der Waals surface area contributed by atoms with E-state index >= 15 is 0 Å². The Morgan fingerprint density at radius 3 is 2.60 bits per heavy atom. The van der Waals surface area contributed by atoms with Gasteiger partial charge in [0, 0.05) is 5.56 Å².